The fourth-order valence-corrected chi connectivity index (χ4v) is 4.83. The highest BCUT2D eigenvalue weighted by Crippen LogP contribution is 2.57. The standard InChI is InChI=1S/C17H26O3/c1-5-19-16(18)15-11(3)20-17(4)7-6-12-9-14(17)13(15)8-10(12)2/h10,12-14H,5-9H2,1-4H3. The molecule has 1 heterocycles. The Kier molecular flexibility index (Phi) is 3.34. The van der Waals surface area contributed by atoms with Crippen LogP contribution in [0.4, 0.5) is 0 Å². The summed E-state index contributed by atoms with van der Waals surface area (Å²) in [6.45, 7) is 8.82. The summed E-state index contributed by atoms with van der Waals surface area (Å²) < 4.78 is 11.5. The Labute approximate surface area is 121 Å². The molecule has 3 rings (SSSR count). The SMILES string of the molecule is CCOC(=O)C1=C(C)OC2(C)CCC3CC2C1CC3C. The summed E-state index contributed by atoms with van der Waals surface area (Å²) in [5, 5.41) is 0. The third-order valence-electron chi connectivity index (χ3n) is 5.90. The van der Waals surface area contributed by atoms with Crippen LogP contribution < -0.4 is 0 Å². The number of ether oxygens (including phenoxy) is 2. The molecule has 0 radical (unpaired) electrons. The molecule has 0 N–H and O–H groups in total. The molecule has 3 heteroatoms. The van der Waals surface area contributed by atoms with E-state index in [1.165, 1.54) is 12.8 Å². The number of allylic oxidation sites excluding steroid dienone is 1. The molecule has 2 fully saturated rings. The van der Waals surface area contributed by atoms with E-state index in [2.05, 4.69) is 13.8 Å². The van der Waals surface area contributed by atoms with Gasteiger partial charge in [-0.1, -0.05) is 6.92 Å². The van der Waals surface area contributed by atoms with Gasteiger partial charge in [-0.15, -0.1) is 0 Å². The summed E-state index contributed by atoms with van der Waals surface area (Å²) >= 11 is 0. The van der Waals surface area contributed by atoms with Gasteiger partial charge in [0.1, 0.15) is 11.4 Å². The molecule has 20 heavy (non-hydrogen) atoms. The monoisotopic (exact) mass is 278 g/mol. The molecule has 2 saturated carbocycles. The molecule has 112 valence electrons. The van der Waals surface area contributed by atoms with Crippen molar-refractivity contribution in [2.45, 2.75) is 59.0 Å². The lowest BCUT2D eigenvalue weighted by Crippen LogP contribution is -2.54. The number of carbonyl (C=O) groups is 1. The van der Waals surface area contributed by atoms with Crippen LogP contribution in [-0.4, -0.2) is 18.2 Å². The van der Waals surface area contributed by atoms with E-state index in [9.17, 15) is 4.79 Å². The van der Waals surface area contributed by atoms with E-state index in [4.69, 9.17) is 9.47 Å². The lowest BCUT2D eigenvalue weighted by Gasteiger charge is -2.56. The highest BCUT2D eigenvalue weighted by Gasteiger charge is 2.55. The molecule has 0 aromatic heterocycles. The average Bonchev–Trinajstić information content (AvgIpc) is 2.37. The van der Waals surface area contributed by atoms with E-state index >= 15 is 0 Å². The molecule has 2 bridgehead atoms. The van der Waals surface area contributed by atoms with E-state index in [0.717, 1.165) is 30.1 Å². The molecular formula is C17H26O3. The minimum Gasteiger partial charge on any atom is -0.491 e. The van der Waals surface area contributed by atoms with Crippen molar-refractivity contribution in [3.8, 4) is 0 Å². The minimum absolute atomic E-state index is 0.0681. The largest absolute Gasteiger partial charge is 0.491 e. The molecular weight excluding hydrogens is 252 g/mol. The van der Waals surface area contributed by atoms with Crippen molar-refractivity contribution in [1.29, 1.82) is 0 Å². The number of hydrogen-bond acceptors (Lipinski definition) is 3. The van der Waals surface area contributed by atoms with Crippen molar-refractivity contribution in [1.82, 2.24) is 0 Å². The minimum atomic E-state index is -0.159. The summed E-state index contributed by atoms with van der Waals surface area (Å²) in [7, 11) is 0. The molecule has 3 nitrogen and oxygen atoms in total. The summed E-state index contributed by atoms with van der Waals surface area (Å²) in [5.74, 6) is 2.99. The van der Waals surface area contributed by atoms with Crippen LogP contribution >= 0.6 is 0 Å². The highest BCUT2D eigenvalue weighted by atomic mass is 16.5. The van der Waals surface area contributed by atoms with Gasteiger partial charge in [0.2, 0.25) is 0 Å². The lowest BCUT2D eigenvalue weighted by molar-refractivity contribution is -0.152. The fourth-order valence-electron chi connectivity index (χ4n) is 4.83. The predicted octanol–water partition coefficient (Wildman–Crippen LogP) is 3.68. The van der Waals surface area contributed by atoms with Gasteiger partial charge in [-0.2, -0.15) is 0 Å². The van der Waals surface area contributed by atoms with E-state index in [0.29, 0.717) is 24.4 Å². The second-order valence-corrected chi connectivity index (χ2v) is 7.07. The van der Waals surface area contributed by atoms with Crippen molar-refractivity contribution in [3.05, 3.63) is 11.3 Å². The number of fused-ring (bicyclic) bond motifs is 1. The molecule has 3 aliphatic rings. The summed E-state index contributed by atoms with van der Waals surface area (Å²) in [6, 6.07) is 0. The summed E-state index contributed by atoms with van der Waals surface area (Å²) in [4.78, 5) is 12.3. The van der Waals surface area contributed by atoms with Crippen molar-refractivity contribution >= 4 is 5.97 Å². The number of esters is 1. The Balaban J connectivity index is 1.99. The maximum absolute atomic E-state index is 12.3. The van der Waals surface area contributed by atoms with Crippen LogP contribution in [0.15, 0.2) is 11.3 Å². The van der Waals surface area contributed by atoms with Crippen molar-refractivity contribution < 1.29 is 14.3 Å². The van der Waals surface area contributed by atoms with Crippen LogP contribution in [0, 0.1) is 23.7 Å². The number of carbonyl (C=O) groups excluding carboxylic acids is 1. The number of rotatable bonds is 2. The zero-order valence-corrected chi connectivity index (χ0v) is 13.1. The maximum atomic E-state index is 12.3. The first-order valence-electron chi connectivity index (χ1n) is 8.03. The quantitative estimate of drug-likeness (QED) is 0.723. The highest BCUT2D eigenvalue weighted by molar-refractivity contribution is 5.90. The average molecular weight is 278 g/mol. The van der Waals surface area contributed by atoms with Gasteiger partial charge in [0, 0.05) is 11.8 Å². The normalized spacial score (nSPS) is 43.0. The maximum Gasteiger partial charge on any atom is 0.337 e. The first kappa shape index (κ1) is 14.0. The Morgan fingerprint density at radius 1 is 1.45 bits per heavy atom. The predicted molar refractivity (Wildman–Crippen MR) is 76.9 cm³/mol. The molecule has 0 spiro atoms. The topological polar surface area (TPSA) is 35.5 Å². The third kappa shape index (κ3) is 1.97. The molecule has 2 aliphatic carbocycles. The van der Waals surface area contributed by atoms with Gasteiger partial charge in [0.05, 0.1) is 12.2 Å². The smallest absolute Gasteiger partial charge is 0.337 e. The molecule has 0 aromatic carbocycles. The zero-order chi connectivity index (χ0) is 14.5. The van der Waals surface area contributed by atoms with Crippen LogP contribution in [0.1, 0.15) is 53.4 Å². The Bertz CT molecular complexity index is 453. The van der Waals surface area contributed by atoms with Gasteiger partial charge >= 0.3 is 5.97 Å². The first-order chi connectivity index (χ1) is 9.46. The first-order valence-corrected chi connectivity index (χ1v) is 8.03. The summed E-state index contributed by atoms with van der Waals surface area (Å²) in [5.41, 5.74) is 0.753. The van der Waals surface area contributed by atoms with Crippen LogP contribution in [-0.2, 0) is 14.3 Å². The molecule has 1 aliphatic heterocycles. The van der Waals surface area contributed by atoms with Crippen molar-refractivity contribution in [3.63, 3.8) is 0 Å². The molecule has 0 amide bonds. The van der Waals surface area contributed by atoms with Crippen molar-refractivity contribution in [2.75, 3.05) is 6.61 Å². The van der Waals surface area contributed by atoms with Gasteiger partial charge < -0.3 is 9.47 Å². The Hall–Kier alpha value is -0.990. The van der Waals surface area contributed by atoms with E-state index in [1.807, 2.05) is 13.8 Å². The van der Waals surface area contributed by atoms with Gasteiger partial charge in [0.15, 0.2) is 0 Å². The Morgan fingerprint density at radius 3 is 2.90 bits per heavy atom. The van der Waals surface area contributed by atoms with Gasteiger partial charge in [-0.3, -0.25) is 0 Å². The molecule has 5 unspecified atom stereocenters. The van der Waals surface area contributed by atoms with E-state index in [1.54, 1.807) is 0 Å². The van der Waals surface area contributed by atoms with Crippen LogP contribution in [0.5, 0.6) is 0 Å². The van der Waals surface area contributed by atoms with Crippen molar-refractivity contribution in [2.24, 2.45) is 23.7 Å². The second-order valence-electron chi connectivity index (χ2n) is 7.07. The van der Waals surface area contributed by atoms with Gasteiger partial charge in [0.25, 0.3) is 0 Å². The van der Waals surface area contributed by atoms with Crippen LogP contribution in [0.25, 0.3) is 0 Å². The van der Waals surface area contributed by atoms with E-state index in [-0.39, 0.29) is 11.6 Å². The Morgan fingerprint density at radius 2 is 2.20 bits per heavy atom. The third-order valence-corrected chi connectivity index (χ3v) is 5.90. The zero-order valence-electron chi connectivity index (χ0n) is 13.1. The lowest BCUT2D eigenvalue weighted by atomic mass is 9.55. The van der Waals surface area contributed by atoms with Gasteiger partial charge in [-0.25, -0.2) is 4.79 Å². The molecule has 0 aromatic rings. The van der Waals surface area contributed by atoms with E-state index < -0.39 is 0 Å². The van der Waals surface area contributed by atoms with Gasteiger partial charge in [-0.05, 0) is 58.3 Å². The molecule has 0 saturated heterocycles. The summed E-state index contributed by atoms with van der Waals surface area (Å²) in [6.07, 6.45) is 4.71. The second kappa shape index (κ2) is 4.78. The fraction of sp³-hybridized carbons (Fsp3) is 0.824. The van der Waals surface area contributed by atoms with Crippen LogP contribution in [0.3, 0.4) is 0 Å². The number of hydrogen-bond donors (Lipinski definition) is 0. The molecule has 5 atom stereocenters. The van der Waals surface area contributed by atoms with Crippen LogP contribution in [0.2, 0.25) is 0 Å².